The normalized spacial score (nSPS) is 10.2. The molecule has 7 heteroatoms. The van der Waals surface area contributed by atoms with Crippen LogP contribution in [0.4, 0.5) is 17.8 Å². The molecule has 0 radical (unpaired) electrons. The van der Waals surface area contributed by atoms with Gasteiger partial charge in [-0.1, -0.05) is 0 Å². The number of nitrogens with zero attached hydrogens (tertiary/aromatic N) is 4. The van der Waals surface area contributed by atoms with Crippen molar-refractivity contribution >= 4 is 29.6 Å². The molecule has 0 atom stereocenters. The van der Waals surface area contributed by atoms with Gasteiger partial charge in [-0.25, -0.2) is 0 Å². The Labute approximate surface area is 113 Å². The summed E-state index contributed by atoms with van der Waals surface area (Å²) in [4.78, 5) is 14.9. The van der Waals surface area contributed by atoms with Crippen LogP contribution in [-0.2, 0) is 0 Å². The van der Waals surface area contributed by atoms with Gasteiger partial charge < -0.3 is 15.5 Å². The van der Waals surface area contributed by atoms with E-state index >= 15 is 0 Å². The standard InChI is InChI=1S/C11H22N6S/c1-5-12-9-14-10(13-7-6-8-18-4)16-11(15-9)17(2)3/h5-8H2,1-4H3,(H2,12,13,14,15,16). The van der Waals surface area contributed by atoms with Gasteiger partial charge >= 0.3 is 0 Å². The Kier molecular flexibility index (Phi) is 6.56. The van der Waals surface area contributed by atoms with Crippen molar-refractivity contribution in [3.63, 3.8) is 0 Å². The molecule has 0 saturated carbocycles. The Morgan fingerprint density at radius 3 is 2.33 bits per heavy atom. The van der Waals surface area contributed by atoms with Gasteiger partial charge in [-0.15, -0.1) is 0 Å². The molecule has 0 bridgehead atoms. The van der Waals surface area contributed by atoms with Crippen LogP contribution in [-0.4, -0.2) is 54.1 Å². The van der Waals surface area contributed by atoms with E-state index in [0.29, 0.717) is 17.8 Å². The van der Waals surface area contributed by atoms with Gasteiger partial charge in [0, 0.05) is 27.2 Å². The number of anilines is 3. The predicted molar refractivity (Wildman–Crippen MR) is 79.8 cm³/mol. The Hall–Kier alpha value is -1.24. The van der Waals surface area contributed by atoms with Crippen LogP contribution >= 0.6 is 11.8 Å². The molecule has 0 amide bonds. The minimum atomic E-state index is 0.614. The van der Waals surface area contributed by atoms with E-state index in [1.54, 1.807) is 0 Å². The van der Waals surface area contributed by atoms with E-state index in [-0.39, 0.29) is 0 Å². The molecule has 0 aliphatic heterocycles. The number of rotatable bonds is 8. The largest absolute Gasteiger partial charge is 0.354 e. The molecule has 0 unspecified atom stereocenters. The monoisotopic (exact) mass is 270 g/mol. The summed E-state index contributed by atoms with van der Waals surface area (Å²) in [6.07, 6.45) is 3.21. The van der Waals surface area contributed by atoms with E-state index in [1.165, 1.54) is 0 Å². The van der Waals surface area contributed by atoms with E-state index in [4.69, 9.17) is 0 Å². The summed E-state index contributed by atoms with van der Waals surface area (Å²) in [6, 6.07) is 0. The molecule has 0 aromatic carbocycles. The van der Waals surface area contributed by atoms with E-state index in [1.807, 2.05) is 37.7 Å². The number of hydrogen-bond acceptors (Lipinski definition) is 7. The van der Waals surface area contributed by atoms with Crippen molar-refractivity contribution in [3.05, 3.63) is 0 Å². The first-order valence-corrected chi connectivity index (χ1v) is 7.46. The highest BCUT2D eigenvalue weighted by molar-refractivity contribution is 7.98. The molecule has 1 aromatic heterocycles. The average molecular weight is 270 g/mol. The molecule has 102 valence electrons. The fourth-order valence-electron chi connectivity index (χ4n) is 1.30. The quantitative estimate of drug-likeness (QED) is 0.694. The van der Waals surface area contributed by atoms with E-state index in [0.717, 1.165) is 25.3 Å². The molecule has 2 N–H and O–H groups in total. The SMILES string of the molecule is CCNc1nc(NCCCSC)nc(N(C)C)n1. The Balaban J connectivity index is 2.69. The van der Waals surface area contributed by atoms with Crippen molar-refractivity contribution in [2.24, 2.45) is 0 Å². The van der Waals surface area contributed by atoms with E-state index in [2.05, 4.69) is 31.8 Å². The summed E-state index contributed by atoms with van der Waals surface area (Å²) in [5, 5.41) is 6.34. The van der Waals surface area contributed by atoms with Crippen LogP contribution < -0.4 is 15.5 Å². The lowest BCUT2D eigenvalue weighted by Gasteiger charge is -2.13. The van der Waals surface area contributed by atoms with Crippen LogP contribution in [0.25, 0.3) is 0 Å². The second-order valence-electron chi connectivity index (χ2n) is 3.98. The minimum absolute atomic E-state index is 0.614. The Morgan fingerprint density at radius 1 is 1.11 bits per heavy atom. The molecule has 18 heavy (non-hydrogen) atoms. The van der Waals surface area contributed by atoms with Crippen molar-refractivity contribution in [3.8, 4) is 0 Å². The van der Waals surface area contributed by atoms with Gasteiger partial charge in [-0.05, 0) is 25.4 Å². The highest BCUT2D eigenvalue weighted by atomic mass is 32.2. The molecule has 1 rings (SSSR count). The van der Waals surface area contributed by atoms with Gasteiger partial charge in [0.2, 0.25) is 17.8 Å². The first-order valence-electron chi connectivity index (χ1n) is 6.07. The molecular weight excluding hydrogens is 248 g/mol. The lowest BCUT2D eigenvalue weighted by molar-refractivity contribution is 0.917. The zero-order chi connectivity index (χ0) is 13.4. The maximum atomic E-state index is 4.36. The van der Waals surface area contributed by atoms with E-state index < -0.39 is 0 Å². The fourth-order valence-corrected chi connectivity index (χ4v) is 1.73. The third-order valence-corrected chi connectivity index (χ3v) is 2.86. The number of aromatic nitrogens is 3. The van der Waals surface area contributed by atoms with Gasteiger partial charge in [0.15, 0.2) is 0 Å². The van der Waals surface area contributed by atoms with Crippen molar-refractivity contribution < 1.29 is 0 Å². The summed E-state index contributed by atoms with van der Waals surface area (Å²) in [7, 11) is 3.84. The van der Waals surface area contributed by atoms with Crippen LogP contribution in [0.1, 0.15) is 13.3 Å². The van der Waals surface area contributed by atoms with Crippen molar-refractivity contribution in [1.82, 2.24) is 15.0 Å². The van der Waals surface area contributed by atoms with Crippen LogP contribution in [0.2, 0.25) is 0 Å². The summed E-state index contributed by atoms with van der Waals surface area (Å²) in [5.74, 6) is 3.04. The van der Waals surface area contributed by atoms with Crippen LogP contribution in [0, 0.1) is 0 Å². The topological polar surface area (TPSA) is 66.0 Å². The van der Waals surface area contributed by atoms with Crippen LogP contribution in [0.15, 0.2) is 0 Å². The lowest BCUT2D eigenvalue weighted by atomic mass is 10.5. The molecule has 0 aliphatic carbocycles. The summed E-state index contributed by atoms with van der Waals surface area (Å²) in [6.45, 7) is 3.69. The number of hydrogen-bond donors (Lipinski definition) is 2. The molecule has 1 heterocycles. The van der Waals surface area contributed by atoms with Crippen molar-refractivity contribution in [2.75, 3.05) is 54.7 Å². The van der Waals surface area contributed by atoms with Gasteiger partial charge in [-0.3, -0.25) is 0 Å². The zero-order valence-electron chi connectivity index (χ0n) is 11.5. The van der Waals surface area contributed by atoms with Crippen molar-refractivity contribution in [1.29, 1.82) is 0 Å². The van der Waals surface area contributed by atoms with Gasteiger partial charge in [0.05, 0.1) is 0 Å². The molecule has 0 spiro atoms. The molecule has 0 fully saturated rings. The summed E-state index contributed by atoms with van der Waals surface area (Å²) >= 11 is 1.84. The molecule has 6 nitrogen and oxygen atoms in total. The molecule has 0 saturated heterocycles. The predicted octanol–water partition coefficient (Wildman–Crippen LogP) is 1.53. The third kappa shape index (κ3) is 4.95. The Bertz CT molecular complexity index is 357. The lowest BCUT2D eigenvalue weighted by Crippen LogP contribution is -2.17. The van der Waals surface area contributed by atoms with Gasteiger partial charge in [0.1, 0.15) is 0 Å². The van der Waals surface area contributed by atoms with Crippen LogP contribution in [0.3, 0.4) is 0 Å². The molecule has 0 aliphatic rings. The zero-order valence-corrected chi connectivity index (χ0v) is 12.3. The molecular formula is C11H22N6S. The second kappa shape index (κ2) is 7.97. The fraction of sp³-hybridized carbons (Fsp3) is 0.727. The highest BCUT2D eigenvalue weighted by Gasteiger charge is 2.06. The summed E-state index contributed by atoms with van der Waals surface area (Å²) < 4.78 is 0. The van der Waals surface area contributed by atoms with E-state index in [9.17, 15) is 0 Å². The highest BCUT2D eigenvalue weighted by Crippen LogP contribution is 2.11. The Morgan fingerprint density at radius 2 is 1.78 bits per heavy atom. The molecule has 1 aromatic rings. The smallest absolute Gasteiger partial charge is 0.231 e. The first-order chi connectivity index (χ1) is 8.67. The number of nitrogens with one attached hydrogen (secondary N) is 2. The summed E-state index contributed by atoms with van der Waals surface area (Å²) in [5.41, 5.74) is 0. The van der Waals surface area contributed by atoms with Crippen LogP contribution in [0.5, 0.6) is 0 Å². The second-order valence-corrected chi connectivity index (χ2v) is 4.97. The minimum Gasteiger partial charge on any atom is -0.354 e. The third-order valence-electron chi connectivity index (χ3n) is 2.17. The average Bonchev–Trinajstić information content (AvgIpc) is 2.35. The maximum Gasteiger partial charge on any atom is 0.231 e. The number of thioether (sulfide) groups is 1. The maximum absolute atomic E-state index is 4.36. The first kappa shape index (κ1) is 14.8. The van der Waals surface area contributed by atoms with Gasteiger partial charge in [-0.2, -0.15) is 26.7 Å². The van der Waals surface area contributed by atoms with Crippen molar-refractivity contribution in [2.45, 2.75) is 13.3 Å². The van der Waals surface area contributed by atoms with Gasteiger partial charge in [0.25, 0.3) is 0 Å².